The van der Waals surface area contributed by atoms with Gasteiger partial charge in [-0.15, -0.1) is 0 Å². The van der Waals surface area contributed by atoms with E-state index in [1.165, 1.54) is 6.42 Å². The molecule has 0 aliphatic heterocycles. The number of carbonyl (C=O) groups is 1. The Balaban J connectivity index is 2.06. The van der Waals surface area contributed by atoms with Crippen LogP contribution in [-0.2, 0) is 4.79 Å². The lowest BCUT2D eigenvalue weighted by Gasteiger charge is -2.34. The van der Waals surface area contributed by atoms with Gasteiger partial charge < -0.3 is 10.7 Å². The van der Waals surface area contributed by atoms with Crippen LogP contribution in [0.2, 0.25) is 0 Å². The minimum absolute atomic E-state index is 0.00431. The summed E-state index contributed by atoms with van der Waals surface area (Å²) >= 11 is 0. The van der Waals surface area contributed by atoms with Crippen LogP contribution in [0.25, 0.3) is 0 Å². The van der Waals surface area contributed by atoms with E-state index in [9.17, 15) is 4.79 Å². The van der Waals surface area contributed by atoms with Crippen LogP contribution < -0.4 is 11.1 Å². The molecule has 0 saturated heterocycles. The highest BCUT2D eigenvalue weighted by Crippen LogP contribution is 2.36. The van der Waals surface area contributed by atoms with Gasteiger partial charge >= 0.3 is 0 Å². The van der Waals surface area contributed by atoms with Gasteiger partial charge in [-0.2, -0.15) is 0 Å². The fourth-order valence-corrected chi connectivity index (χ4v) is 2.33. The molecule has 0 unspecified atom stereocenters. The van der Waals surface area contributed by atoms with E-state index in [1.54, 1.807) is 12.4 Å². The molecule has 5 heteroatoms. The van der Waals surface area contributed by atoms with Crippen LogP contribution >= 0.6 is 0 Å². The van der Waals surface area contributed by atoms with Crippen molar-refractivity contribution in [2.24, 2.45) is 11.1 Å². The molecule has 1 heterocycles. The molecule has 4 N–H and O–H groups in total. The normalized spacial score (nSPS) is 19.3. The Morgan fingerprint density at radius 1 is 1.50 bits per heavy atom. The molecule has 1 aromatic heterocycles. The van der Waals surface area contributed by atoms with Crippen LogP contribution in [0.15, 0.2) is 12.4 Å². The third kappa shape index (κ3) is 2.09. The average Bonchev–Trinajstić information content (AvgIpc) is 2.82. The molecular weight excluding hydrogens is 204 g/mol. The topological polar surface area (TPSA) is 83.8 Å². The Bertz CT molecular complexity index is 341. The first kappa shape index (κ1) is 11.1. The predicted molar refractivity (Wildman–Crippen MR) is 61.8 cm³/mol. The van der Waals surface area contributed by atoms with Gasteiger partial charge in [0.25, 0.3) is 0 Å². The molecule has 0 spiro atoms. The summed E-state index contributed by atoms with van der Waals surface area (Å²) in [6.45, 7) is 0.416. The van der Waals surface area contributed by atoms with Crippen molar-refractivity contribution < 1.29 is 4.79 Å². The first-order chi connectivity index (χ1) is 7.77. The number of aromatic nitrogens is 2. The van der Waals surface area contributed by atoms with E-state index in [-0.39, 0.29) is 11.3 Å². The summed E-state index contributed by atoms with van der Waals surface area (Å²) in [7, 11) is 0. The SMILES string of the molecule is NCC1(C(=O)Nc2ncc[nH]2)CCCCC1. The maximum Gasteiger partial charge on any atom is 0.234 e. The number of anilines is 1. The Hall–Kier alpha value is -1.36. The van der Waals surface area contributed by atoms with Gasteiger partial charge in [-0.25, -0.2) is 4.98 Å². The molecule has 0 atom stereocenters. The standard InChI is InChI=1S/C11H18N4O/c12-8-11(4-2-1-3-5-11)9(16)15-10-13-6-7-14-10/h6-7H,1-5,8,12H2,(H2,13,14,15,16). The van der Waals surface area contributed by atoms with Gasteiger partial charge in [-0.1, -0.05) is 19.3 Å². The van der Waals surface area contributed by atoms with E-state index in [0.717, 1.165) is 25.7 Å². The molecular formula is C11H18N4O. The Morgan fingerprint density at radius 2 is 2.25 bits per heavy atom. The molecule has 88 valence electrons. The van der Waals surface area contributed by atoms with Crippen LogP contribution in [0.3, 0.4) is 0 Å². The van der Waals surface area contributed by atoms with Gasteiger partial charge in [0.2, 0.25) is 11.9 Å². The number of aromatic amines is 1. The number of nitrogens with one attached hydrogen (secondary N) is 2. The summed E-state index contributed by atoms with van der Waals surface area (Å²) in [5.41, 5.74) is 5.39. The highest BCUT2D eigenvalue weighted by atomic mass is 16.2. The van der Waals surface area contributed by atoms with Gasteiger partial charge in [0.15, 0.2) is 0 Å². The van der Waals surface area contributed by atoms with Gasteiger partial charge in [0.1, 0.15) is 0 Å². The number of nitrogens with two attached hydrogens (primary N) is 1. The Labute approximate surface area is 94.8 Å². The van der Waals surface area contributed by atoms with Crippen molar-refractivity contribution in [2.75, 3.05) is 11.9 Å². The van der Waals surface area contributed by atoms with Crippen molar-refractivity contribution >= 4 is 11.9 Å². The molecule has 0 aromatic carbocycles. The molecule has 16 heavy (non-hydrogen) atoms. The summed E-state index contributed by atoms with van der Waals surface area (Å²) in [6, 6.07) is 0. The number of imidazole rings is 1. The lowest BCUT2D eigenvalue weighted by molar-refractivity contribution is -0.126. The maximum absolute atomic E-state index is 12.2. The van der Waals surface area contributed by atoms with Crippen LogP contribution in [0.1, 0.15) is 32.1 Å². The van der Waals surface area contributed by atoms with E-state index in [2.05, 4.69) is 15.3 Å². The number of amides is 1. The lowest BCUT2D eigenvalue weighted by atomic mass is 9.73. The maximum atomic E-state index is 12.2. The number of nitrogens with zero attached hydrogens (tertiary/aromatic N) is 1. The quantitative estimate of drug-likeness (QED) is 0.719. The van der Waals surface area contributed by atoms with Crippen LogP contribution in [0.5, 0.6) is 0 Å². The summed E-state index contributed by atoms with van der Waals surface area (Å²) < 4.78 is 0. The molecule has 1 saturated carbocycles. The zero-order valence-corrected chi connectivity index (χ0v) is 9.33. The molecule has 1 fully saturated rings. The smallest absolute Gasteiger partial charge is 0.234 e. The molecule has 1 aliphatic rings. The van der Waals surface area contributed by atoms with Gasteiger partial charge in [0, 0.05) is 18.9 Å². The van der Waals surface area contributed by atoms with Crippen molar-refractivity contribution in [3.8, 4) is 0 Å². The number of H-pyrrole nitrogens is 1. The number of hydrogen-bond donors (Lipinski definition) is 3. The van der Waals surface area contributed by atoms with Crippen molar-refractivity contribution in [3.63, 3.8) is 0 Å². The summed E-state index contributed by atoms with van der Waals surface area (Å²) in [6.07, 6.45) is 8.45. The summed E-state index contributed by atoms with van der Waals surface area (Å²) in [4.78, 5) is 19.0. The number of carbonyl (C=O) groups excluding carboxylic acids is 1. The first-order valence-corrected chi connectivity index (χ1v) is 5.78. The van der Waals surface area contributed by atoms with Gasteiger partial charge in [0.05, 0.1) is 5.41 Å². The van der Waals surface area contributed by atoms with E-state index >= 15 is 0 Å². The van der Waals surface area contributed by atoms with Crippen LogP contribution in [-0.4, -0.2) is 22.4 Å². The minimum Gasteiger partial charge on any atom is -0.331 e. The third-order valence-electron chi connectivity index (χ3n) is 3.41. The van der Waals surface area contributed by atoms with Crippen molar-refractivity contribution in [2.45, 2.75) is 32.1 Å². The van der Waals surface area contributed by atoms with E-state index < -0.39 is 0 Å². The second kappa shape index (κ2) is 4.65. The van der Waals surface area contributed by atoms with Crippen LogP contribution in [0, 0.1) is 5.41 Å². The zero-order valence-electron chi connectivity index (χ0n) is 9.33. The summed E-state index contributed by atoms with van der Waals surface area (Å²) in [5, 5.41) is 2.80. The van der Waals surface area contributed by atoms with Gasteiger partial charge in [-0.05, 0) is 12.8 Å². The molecule has 1 aromatic rings. The molecule has 0 radical (unpaired) electrons. The largest absolute Gasteiger partial charge is 0.331 e. The highest BCUT2D eigenvalue weighted by molar-refractivity contribution is 5.94. The number of rotatable bonds is 3. The monoisotopic (exact) mass is 222 g/mol. The molecule has 1 aliphatic carbocycles. The Kier molecular flexibility index (Phi) is 3.24. The zero-order chi connectivity index (χ0) is 11.4. The van der Waals surface area contributed by atoms with Crippen molar-refractivity contribution in [1.82, 2.24) is 9.97 Å². The van der Waals surface area contributed by atoms with Gasteiger partial charge in [-0.3, -0.25) is 10.1 Å². The molecule has 1 amide bonds. The third-order valence-corrected chi connectivity index (χ3v) is 3.41. The fourth-order valence-electron chi connectivity index (χ4n) is 2.33. The number of hydrogen-bond acceptors (Lipinski definition) is 3. The summed E-state index contributed by atoms with van der Waals surface area (Å²) in [5.74, 6) is 0.507. The van der Waals surface area contributed by atoms with Crippen LogP contribution in [0.4, 0.5) is 5.95 Å². The van der Waals surface area contributed by atoms with E-state index in [0.29, 0.717) is 12.5 Å². The average molecular weight is 222 g/mol. The Morgan fingerprint density at radius 3 is 2.81 bits per heavy atom. The molecule has 0 bridgehead atoms. The predicted octanol–water partition coefficient (Wildman–Crippen LogP) is 1.26. The van der Waals surface area contributed by atoms with Crippen molar-refractivity contribution in [1.29, 1.82) is 0 Å². The minimum atomic E-state index is -0.384. The first-order valence-electron chi connectivity index (χ1n) is 5.78. The fraction of sp³-hybridized carbons (Fsp3) is 0.636. The highest BCUT2D eigenvalue weighted by Gasteiger charge is 2.38. The molecule has 5 nitrogen and oxygen atoms in total. The van der Waals surface area contributed by atoms with Crippen molar-refractivity contribution in [3.05, 3.63) is 12.4 Å². The second-order valence-electron chi connectivity index (χ2n) is 4.44. The van der Waals surface area contributed by atoms with E-state index in [4.69, 9.17) is 5.73 Å². The molecule has 2 rings (SSSR count). The lowest BCUT2D eigenvalue weighted by Crippen LogP contribution is -2.44. The van der Waals surface area contributed by atoms with E-state index in [1.807, 2.05) is 0 Å². The second-order valence-corrected chi connectivity index (χ2v) is 4.44.